The molecule has 0 saturated carbocycles. The minimum Gasteiger partial charge on any atom is -0.355 e. The molecule has 65 heavy (non-hydrogen) atoms. The molecular weight excluding hydrogens is 980 g/mol. The standard InChI is InChI=1S/C36H46N4.C20H14N4.Pt/c1-9-22-21-33-26(13-5)31-18-17-29(37-31)25(12-4)30-19-20-32(38-30)27(14-6)35-23(10-2)24(11-3)36(40(35)16-8)28(15-7)34(22)39-33;1-2-14-10-16-5-6-18(23-16)12-20-8-7-19(24-20)11-17-4-3-15(22-17)9-13(1)21-14;/h17-21,39H,9-16H2,1-8H3;1-12,21-22H;. The van der Waals surface area contributed by atoms with Crippen LogP contribution in [0.1, 0.15) is 140 Å². The van der Waals surface area contributed by atoms with Gasteiger partial charge in [-0.1, -0.05) is 48.5 Å². The molecule has 0 aromatic carbocycles. The smallest absolute Gasteiger partial charge is 0.0691 e. The summed E-state index contributed by atoms with van der Waals surface area (Å²) in [5.41, 5.74) is 27.1. The third-order valence-corrected chi connectivity index (χ3v) is 13.0. The second-order valence-corrected chi connectivity index (χ2v) is 16.7. The second kappa shape index (κ2) is 19.6. The van der Waals surface area contributed by atoms with Crippen LogP contribution in [0.25, 0.3) is 92.7 Å². The average molecular weight is 1040 g/mol. The van der Waals surface area contributed by atoms with Gasteiger partial charge in [0.05, 0.1) is 51.1 Å². The first-order valence-electron chi connectivity index (χ1n) is 23.5. The molecule has 0 unspecified atom stereocenters. The molecule has 0 saturated heterocycles. The monoisotopic (exact) mass is 1040 g/mol. The van der Waals surface area contributed by atoms with Crippen molar-refractivity contribution in [2.24, 2.45) is 0 Å². The molecule has 3 N–H and O–H groups in total. The number of nitrogens with one attached hydrogen (secondary N) is 3. The number of aryl methyl sites for hydroxylation is 7. The van der Waals surface area contributed by atoms with Gasteiger partial charge in [0.15, 0.2) is 0 Å². The number of aromatic amines is 3. The van der Waals surface area contributed by atoms with Crippen LogP contribution in [0, 0.1) is 0 Å². The van der Waals surface area contributed by atoms with E-state index in [9.17, 15) is 0 Å². The largest absolute Gasteiger partial charge is 0.355 e. The van der Waals surface area contributed by atoms with Crippen LogP contribution < -0.4 is 0 Å². The van der Waals surface area contributed by atoms with Crippen LogP contribution >= 0.6 is 0 Å². The van der Waals surface area contributed by atoms with E-state index in [-0.39, 0.29) is 21.1 Å². The molecule has 4 aliphatic rings. The van der Waals surface area contributed by atoms with E-state index in [2.05, 4.69) is 146 Å². The summed E-state index contributed by atoms with van der Waals surface area (Å²) in [6.07, 6.45) is 23.6. The summed E-state index contributed by atoms with van der Waals surface area (Å²) in [6.45, 7) is 19.2. The Morgan fingerprint density at radius 2 is 0.800 bits per heavy atom. The molecule has 10 rings (SSSR count). The molecule has 0 amide bonds. The van der Waals surface area contributed by atoms with E-state index < -0.39 is 0 Å². The Hall–Kier alpha value is -6.11. The molecule has 10 heterocycles. The Balaban J connectivity index is 0.000000195. The van der Waals surface area contributed by atoms with E-state index in [1.54, 1.807) is 0 Å². The Kier molecular flexibility index (Phi) is 13.7. The third-order valence-electron chi connectivity index (χ3n) is 13.0. The van der Waals surface area contributed by atoms with Crippen molar-refractivity contribution in [1.29, 1.82) is 0 Å². The van der Waals surface area contributed by atoms with Crippen molar-refractivity contribution in [2.45, 2.75) is 107 Å². The van der Waals surface area contributed by atoms with Crippen LogP contribution in [0.4, 0.5) is 0 Å². The summed E-state index contributed by atoms with van der Waals surface area (Å²) in [7, 11) is 0. The van der Waals surface area contributed by atoms with Gasteiger partial charge in [-0.15, -0.1) is 0 Å². The van der Waals surface area contributed by atoms with E-state index in [0.29, 0.717) is 0 Å². The number of hydrogen-bond donors (Lipinski definition) is 3. The quantitative estimate of drug-likeness (QED) is 0.141. The molecule has 0 spiro atoms. The maximum atomic E-state index is 5.29. The second-order valence-electron chi connectivity index (χ2n) is 16.7. The minimum absolute atomic E-state index is 0. The van der Waals surface area contributed by atoms with Gasteiger partial charge in [0.2, 0.25) is 0 Å². The summed E-state index contributed by atoms with van der Waals surface area (Å²) >= 11 is 0. The average Bonchev–Trinajstić information content (AvgIpc) is 4.16. The fraction of sp³-hybridized carbons (Fsp3) is 0.286. The van der Waals surface area contributed by atoms with Gasteiger partial charge < -0.3 is 19.5 Å². The van der Waals surface area contributed by atoms with Crippen molar-refractivity contribution in [3.8, 4) is 0 Å². The van der Waals surface area contributed by atoms with Crippen molar-refractivity contribution in [2.75, 3.05) is 0 Å². The number of nitrogens with zero attached hydrogens (tertiary/aromatic N) is 5. The summed E-state index contributed by atoms with van der Waals surface area (Å²) in [6, 6.07) is 18.8. The summed E-state index contributed by atoms with van der Waals surface area (Å²) in [5, 5.41) is 0. The Morgan fingerprint density at radius 3 is 1.25 bits per heavy atom. The Labute approximate surface area is 397 Å². The van der Waals surface area contributed by atoms with Crippen molar-refractivity contribution >= 4 is 92.7 Å². The van der Waals surface area contributed by atoms with Gasteiger partial charge in [-0.05, 0) is 177 Å². The summed E-state index contributed by atoms with van der Waals surface area (Å²) in [5.74, 6) is 0. The van der Waals surface area contributed by atoms with Gasteiger partial charge in [0, 0.05) is 82.9 Å². The zero-order valence-electron chi connectivity index (χ0n) is 39.0. The Morgan fingerprint density at radius 1 is 0.385 bits per heavy atom. The van der Waals surface area contributed by atoms with Crippen LogP contribution in [0.2, 0.25) is 0 Å². The predicted octanol–water partition coefficient (Wildman–Crippen LogP) is 13.7. The maximum Gasteiger partial charge on any atom is 0.0691 e. The number of aromatic nitrogens is 8. The van der Waals surface area contributed by atoms with E-state index >= 15 is 0 Å². The van der Waals surface area contributed by atoms with Crippen molar-refractivity contribution in [1.82, 2.24) is 39.5 Å². The summed E-state index contributed by atoms with van der Waals surface area (Å²) in [4.78, 5) is 30.4. The van der Waals surface area contributed by atoms with Crippen molar-refractivity contribution < 1.29 is 21.1 Å². The fourth-order valence-electron chi connectivity index (χ4n) is 9.98. The first-order valence-corrected chi connectivity index (χ1v) is 23.5. The van der Waals surface area contributed by atoms with Crippen molar-refractivity contribution in [3.05, 3.63) is 139 Å². The van der Waals surface area contributed by atoms with Gasteiger partial charge in [-0.2, -0.15) is 0 Å². The van der Waals surface area contributed by atoms with Gasteiger partial charge in [0.1, 0.15) is 0 Å². The van der Waals surface area contributed by atoms with Gasteiger partial charge in [-0.3, -0.25) is 0 Å². The van der Waals surface area contributed by atoms with Gasteiger partial charge in [-0.25, -0.2) is 19.9 Å². The van der Waals surface area contributed by atoms with Crippen molar-refractivity contribution in [3.63, 3.8) is 0 Å². The van der Waals surface area contributed by atoms with Crippen LogP contribution in [0.15, 0.2) is 54.6 Å². The molecule has 6 aromatic heterocycles. The SMILES string of the molecule is C1=Cc2cc3ccc(cc4ccc(cc5nc(cc1n2)C=C5)[nH]4)[nH]3.CCc1c2nc(c(CC)c3cc(CC)c([nH]3)c(CC)c3c(CC)c(CC)c(c(CC)c4nc1C=C4)n3CC)C=C2.[Pt]. The number of H-pyrrole nitrogens is 3. The first-order chi connectivity index (χ1) is 31.3. The van der Waals surface area contributed by atoms with Crippen LogP contribution in [0.3, 0.4) is 0 Å². The zero-order chi connectivity index (χ0) is 44.5. The molecule has 0 radical (unpaired) electrons. The van der Waals surface area contributed by atoms with E-state index in [1.165, 1.54) is 61.0 Å². The first kappa shape index (κ1) is 45.5. The molecule has 16 bridgehead atoms. The number of rotatable bonds is 8. The number of fused-ring (bicyclic) bond motifs is 16. The molecule has 8 nitrogen and oxygen atoms in total. The van der Waals surface area contributed by atoms with E-state index in [1.807, 2.05) is 42.5 Å². The molecule has 0 fully saturated rings. The third kappa shape index (κ3) is 8.73. The van der Waals surface area contributed by atoms with Gasteiger partial charge >= 0.3 is 0 Å². The van der Waals surface area contributed by atoms with Crippen LogP contribution in [-0.2, 0) is 72.6 Å². The van der Waals surface area contributed by atoms with E-state index in [0.717, 1.165) is 119 Å². The van der Waals surface area contributed by atoms with Crippen LogP contribution in [0.5, 0.6) is 0 Å². The maximum absolute atomic E-state index is 5.29. The fourth-order valence-corrected chi connectivity index (χ4v) is 9.98. The molecule has 4 aliphatic heterocycles. The molecule has 0 aliphatic carbocycles. The molecule has 9 heteroatoms. The van der Waals surface area contributed by atoms with Crippen LogP contribution in [-0.4, -0.2) is 39.5 Å². The molecular formula is C56H60N8Pt. The Bertz CT molecular complexity index is 3180. The zero-order valence-corrected chi connectivity index (χ0v) is 41.3. The normalized spacial score (nSPS) is 12.4. The minimum atomic E-state index is 0. The van der Waals surface area contributed by atoms with E-state index in [4.69, 9.17) is 9.97 Å². The topological polar surface area (TPSA) is 104 Å². The summed E-state index contributed by atoms with van der Waals surface area (Å²) < 4.78 is 2.62. The number of hydrogen-bond acceptors (Lipinski definition) is 4. The molecule has 334 valence electrons. The van der Waals surface area contributed by atoms with Gasteiger partial charge in [0.25, 0.3) is 0 Å². The molecule has 6 aromatic rings. The molecule has 0 atom stereocenters. The predicted molar refractivity (Wildman–Crippen MR) is 273 cm³/mol.